The van der Waals surface area contributed by atoms with Crippen LogP contribution in [0.2, 0.25) is 0 Å². The number of Topliss-reactive ketones (excluding diaryl/α,β-unsaturated/α-hetero) is 2. The first-order valence-corrected chi connectivity index (χ1v) is 4.16. The Labute approximate surface area is 67.0 Å². The number of carbonyl (C=O) groups is 2. The summed E-state index contributed by atoms with van der Waals surface area (Å²) in [5.41, 5.74) is 0. The van der Waals surface area contributed by atoms with E-state index < -0.39 is 0 Å². The lowest BCUT2D eigenvalue weighted by Gasteiger charge is -2.01. The molecule has 0 saturated heterocycles. The quantitative estimate of drug-likeness (QED) is 0.576. The minimum atomic E-state index is 0.0118. The molecule has 0 atom stereocenters. The van der Waals surface area contributed by atoms with E-state index in [4.69, 9.17) is 0 Å². The van der Waals surface area contributed by atoms with Crippen molar-refractivity contribution >= 4 is 11.6 Å². The molecule has 0 aliphatic heterocycles. The van der Waals surface area contributed by atoms with Gasteiger partial charge in [0.25, 0.3) is 0 Å². The minimum Gasteiger partial charge on any atom is -0.299 e. The average molecular weight is 154 g/mol. The van der Waals surface area contributed by atoms with Crippen LogP contribution in [0.25, 0.3) is 0 Å². The Morgan fingerprint density at radius 2 is 1.91 bits per heavy atom. The van der Waals surface area contributed by atoms with E-state index in [0.717, 1.165) is 12.8 Å². The maximum absolute atomic E-state index is 11.1. The van der Waals surface area contributed by atoms with E-state index in [1.165, 1.54) is 0 Å². The van der Waals surface area contributed by atoms with E-state index in [-0.39, 0.29) is 29.8 Å². The fourth-order valence-electron chi connectivity index (χ4n) is 0.925. The lowest BCUT2D eigenvalue weighted by Crippen LogP contribution is -2.14. The van der Waals surface area contributed by atoms with Crippen LogP contribution in [0, 0.1) is 11.8 Å². The summed E-state index contributed by atoms with van der Waals surface area (Å²) in [5, 5.41) is 0. The summed E-state index contributed by atoms with van der Waals surface area (Å²) in [6.07, 6.45) is 2.18. The molecule has 0 unspecified atom stereocenters. The van der Waals surface area contributed by atoms with E-state index >= 15 is 0 Å². The van der Waals surface area contributed by atoms with Crippen molar-refractivity contribution in [3.8, 4) is 0 Å². The standard InChI is InChI=1S/C9H14O2/c1-6(2)8(10)5-9(11)7-3-4-7/h6-7H,3-5H2,1-2H3. The van der Waals surface area contributed by atoms with Crippen molar-refractivity contribution in [3.05, 3.63) is 0 Å². The SMILES string of the molecule is CC(C)C(=O)CC(=O)C1CC1. The number of ketones is 2. The highest BCUT2D eigenvalue weighted by molar-refractivity contribution is 6.01. The van der Waals surface area contributed by atoms with Gasteiger partial charge in [-0.2, -0.15) is 0 Å². The fourth-order valence-corrected chi connectivity index (χ4v) is 0.925. The predicted molar refractivity (Wildman–Crippen MR) is 42.2 cm³/mol. The van der Waals surface area contributed by atoms with Crippen molar-refractivity contribution in [2.45, 2.75) is 33.1 Å². The largest absolute Gasteiger partial charge is 0.299 e. The normalized spacial score (nSPS) is 17.0. The van der Waals surface area contributed by atoms with Crippen molar-refractivity contribution in [1.82, 2.24) is 0 Å². The van der Waals surface area contributed by atoms with Gasteiger partial charge in [-0.25, -0.2) is 0 Å². The van der Waals surface area contributed by atoms with Crippen LogP contribution in [0.1, 0.15) is 33.1 Å². The lowest BCUT2D eigenvalue weighted by molar-refractivity contribution is -0.129. The van der Waals surface area contributed by atoms with Crippen LogP contribution in [-0.2, 0) is 9.59 Å². The lowest BCUT2D eigenvalue weighted by atomic mass is 10.0. The summed E-state index contributed by atoms with van der Waals surface area (Å²) in [5.74, 6) is 0.487. The molecule has 62 valence electrons. The van der Waals surface area contributed by atoms with Crippen LogP contribution < -0.4 is 0 Å². The van der Waals surface area contributed by atoms with Gasteiger partial charge in [-0.05, 0) is 12.8 Å². The van der Waals surface area contributed by atoms with Gasteiger partial charge < -0.3 is 0 Å². The second-order valence-corrected chi connectivity index (χ2v) is 3.54. The summed E-state index contributed by atoms with van der Waals surface area (Å²) in [6, 6.07) is 0. The highest BCUT2D eigenvalue weighted by Crippen LogP contribution is 2.31. The molecule has 2 nitrogen and oxygen atoms in total. The van der Waals surface area contributed by atoms with Gasteiger partial charge in [0.2, 0.25) is 0 Å². The van der Waals surface area contributed by atoms with Gasteiger partial charge in [-0.1, -0.05) is 13.8 Å². The summed E-state index contributed by atoms with van der Waals surface area (Å²) in [6.45, 7) is 3.67. The van der Waals surface area contributed by atoms with Gasteiger partial charge >= 0.3 is 0 Å². The number of hydrogen-bond acceptors (Lipinski definition) is 2. The Balaban J connectivity index is 2.29. The zero-order chi connectivity index (χ0) is 8.43. The van der Waals surface area contributed by atoms with Crippen LogP contribution in [0.5, 0.6) is 0 Å². The number of rotatable bonds is 4. The van der Waals surface area contributed by atoms with Crippen molar-refractivity contribution in [2.24, 2.45) is 11.8 Å². The molecule has 0 radical (unpaired) electrons. The van der Waals surface area contributed by atoms with Crippen LogP contribution >= 0.6 is 0 Å². The molecular formula is C9H14O2. The maximum Gasteiger partial charge on any atom is 0.143 e. The molecule has 11 heavy (non-hydrogen) atoms. The van der Waals surface area contributed by atoms with E-state index in [1.54, 1.807) is 0 Å². The Hall–Kier alpha value is -0.660. The molecule has 2 heteroatoms. The first-order chi connectivity index (χ1) is 5.11. The average Bonchev–Trinajstić information content (AvgIpc) is 2.67. The molecule has 0 aromatic rings. The molecule has 0 spiro atoms. The first kappa shape index (κ1) is 8.44. The van der Waals surface area contributed by atoms with Gasteiger partial charge in [0.1, 0.15) is 11.6 Å². The Bertz CT molecular complexity index is 166. The second-order valence-electron chi connectivity index (χ2n) is 3.54. The van der Waals surface area contributed by atoms with E-state index in [9.17, 15) is 9.59 Å². The van der Waals surface area contributed by atoms with Gasteiger partial charge in [-0.15, -0.1) is 0 Å². The molecule has 1 aliphatic carbocycles. The van der Waals surface area contributed by atoms with Crippen molar-refractivity contribution in [2.75, 3.05) is 0 Å². The Morgan fingerprint density at radius 1 is 1.36 bits per heavy atom. The van der Waals surface area contributed by atoms with Crippen molar-refractivity contribution in [3.63, 3.8) is 0 Å². The monoisotopic (exact) mass is 154 g/mol. The third kappa shape index (κ3) is 2.45. The number of hydrogen-bond donors (Lipinski definition) is 0. The molecule has 0 amide bonds. The van der Waals surface area contributed by atoms with Crippen LogP contribution in [0.15, 0.2) is 0 Å². The third-order valence-electron chi connectivity index (χ3n) is 2.03. The molecule has 0 aromatic carbocycles. The van der Waals surface area contributed by atoms with Gasteiger partial charge in [-0.3, -0.25) is 9.59 Å². The highest BCUT2D eigenvalue weighted by atomic mass is 16.1. The molecule has 1 rings (SSSR count). The van der Waals surface area contributed by atoms with Crippen molar-refractivity contribution in [1.29, 1.82) is 0 Å². The second kappa shape index (κ2) is 3.16. The first-order valence-electron chi connectivity index (χ1n) is 4.16. The molecular weight excluding hydrogens is 140 g/mol. The molecule has 0 aromatic heterocycles. The van der Waals surface area contributed by atoms with Crippen LogP contribution in [0.3, 0.4) is 0 Å². The highest BCUT2D eigenvalue weighted by Gasteiger charge is 2.30. The van der Waals surface area contributed by atoms with E-state index in [2.05, 4.69) is 0 Å². The van der Waals surface area contributed by atoms with Gasteiger partial charge in [0, 0.05) is 11.8 Å². The molecule has 0 heterocycles. The van der Waals surface area contributed by atoms with Crippen molar-refractivity contribution < 1.29 is 9.59 Å². The number of carbonyl (C=O) groups excluding carboxylic acids is 2. The zero-order valence-corrected chi connectivity index (χ0v) is 7.09. The van der Waals surface area contributed by atoms with E-state index in [0.29, 0.717) is 0 Å². The molecule has 0 N–H and O–H groups in total. The topological polar surface area (TPSA) is 34.1 Å². The molecule has 1 fully saturated rings. The zero-order valence-electron chi connectivity index (χ0n) is 7.09. The minimum absolute atomic E-state index is 0.0118. The maximum atomic E-state index is 11.1. The van der Waals surface area contributed by atoms with Crippen LogP contribution in [0.4, 0.5) is 0 Å². The molecule has 1 aliphatic rings. The smallest absolute Gasteiger partial charge is 0.143 e. The summed E-state index contributed by atoms with van der Waals surface area (Å²) < 4.78 is 0. The molecule has 1 saturated carbocycles. The van der Waals surface area contributed by atoms with Gasteiger partial charge in [0.15, 0.2) is 0 Å². The summed E-state index contributed by atoms with van der Waals surface area (Å²) in [4.78, 5) is 22.2. The van der Waals surface area contributed by atoms with Crippen LogP contribution in [-0.4, -0.2) is 11.6 Å². The van der Waals surface area contributed by atoms with Gasteiger partial charge in [0.05, 0.1) is 6.42 Å². The Morgan fingerprint density at radius 3 is 2.27 bits per heavy atom. The summed E-state index contributed by atoms with van der Waals surface area (Å²) >= 11 is 0. The van der Waals surface area contributed by atoms with E-state index in [1.807, 2.05) is 13.8 Å². The third-order valence-corrected chi connectivity index (χ3v) is 2.03. The Kier molecular flexibility index (Phi) is 2.42. The molecule has 0 bridgehead atoms. The predicted octanol–water partition coefficient (Wildman–Crippen LogP) is 1.58. The fraction of sp³-hybridized carbons (Fsp3) is 0.778. The summed E-state index contributed by atoms with van der Waals surface area (Å²) in [7, 11) is 0.